The third-order valence-electron chi connectivity index (χ3n) is 4.26. The van der Waals surface area contributed by atoms with Gasteiger partial charge in [-0.3, -0.25) is 4.79 Å². The van der Waals surface area contributed by atoms with Crippen molar-refractivity contribution in [2.45, 2.75) is 25.1 Å². The van der Waals surface area contributed by atoms with E-state index in [1.807, 2.05) is 41.3 Å². The van der Waals surface area contributed by atoms with E-state index < -0.39 is 0 Å². The van der Waals surface area contributed by atoms with E-state index in [0.29, 0.717) is 12.1 Å². The van der Waals surface area contributed by atoms with Crippen LogP contribution in [0, 0.1) is 0 Å². The minimum atomic E-state index is -0.290. The molecular formula is C17H18N2O3. The Kier molecular flexibility index (Phi) is 3.35. The van der Waals surface area contributed by atoms with Crippen LogP contribution in [-0.2, 0) is 4.74 Å². The van der Waals surface area contributed by atoms with Crippen molar-refractivity contribution in [1.82, 2.24) is 4.90 Å². The Morgan fingerprint density at radius 1 is 1.23 bits per heavy atom. The van der Waals surface area contributed by atoms with Gasteiger partial charge in [-0.15, -0.1) is 0 Å². The lowest BCUT2D eigenvalue weighted by atomic mass is 10.1. The van der Waals surface area contributed by atoms with Crippen LogP contribution in [0.3, 0.4) is 0 Å². The number of rotatable bonds is 3. The van der Waals surface area contributed by atoms with Gasteiger partial charge in [0.15, 0.2) is 6.17 Å². The van der Waals surface area contributed by atoms with Crippen molar-refractivity contribution in [3.8, 4) is 0 Å². The minimum Gasteiger partial charge on any atom is -0.465 e. The number of furan rings is 1. The van der Waals surface area contributed by atoms with Gasteiger partial charge in [-0.05, 0) is 37.1 Å². The van der Waals surface area contributed by atoms with Crippen molar-refractivity contribution in [1.29, 1.82) is 0 Å². The molecule has 1 aromatic carbocycles. The molecule has 4 rings (SSSR count). The molecule has 2 aromatic rings. The van der Waals surface area contributed by atoms with Crippen LogP contribution in [0.2, 0.25) is 0 Å². The third-order valence-corrected chi connectivity index (χ3v) is 4.26. The second-order valence-corrected chi connectivity index (χ2v) is 5.70. The molecule has 1 saturated heterocycles. The number of nitrogens with one attached hydrogen (secondary N) is 1. The Hall–Kier alpha value is -2.27. The highest BCUT2D eigenvalue weighted by molar-refractivity contribution is 6.01. The molecule has 2 atom stereocenters. The van der Waals surface area contributed by atoms with Crippen LogP contribution in [0.25, 0.3) is 0 Å². The van der Waals surface area contributed by atoms with Crippen LogP contribution in [0.15, 0.2) is 47.1 Å². The fraction of sp³-hybridized carbons (Fsp3) is 0.353. The minimum absolute atomic E-state index is 0.0197. The van der Waals surface area contributed by atoms with Gasteiger partial charge >= 0.3 is 0 Å². The zero-order valence-electron chi connectivity index (χ0n) is 12.2. The topological polar surface area (TPSA) is 54.7 Å². The molecule has 0 saturated carbocycles. The van der Waals surface area contributed by atoms with Gasteiger partial charge in [0.05, 0.1) is 17.9 Å². The molecule has 22 heavy (non-hydrogen) atoms. The molecule has 5 heteroatoms. The van der Waals surface area contributed by atoms with E-state index in [9.17, 15) is 4.79 Å². The monoisotopic (exact) mass is 298 g/mol. The molecule has 1 amide bonds. The molecule has 1 N–H and O–H groups in total. The molecule has 5 nitrogen and oxygen atoms in total. The first-order chi connectivity index (χ1) is 10.8. The maximum Gasteiger partial charge on any atom is 0.258 e. The first-order valence-electron chi connectivity index (χ1n) is 7.64. The summed E-state index contributed by atoms with van der Waals surface area (Å²) >= 11 is 0. The van der Waals surface area contributed by atoms with Gasteiger partial charge in [0, 0.05) is 18.8 Å². The average Bonchev–Trinajstić information content (AvgIpc) is 3.23. The first-order valence-corrected chi connectivity index (χ1v) is 7.64. The van der Waals surface area contributed by atoms with Crippen molar-refractivity contribution in [2.75, 3.05) is 18.5 Å². The smallest absolute Gasteiger partial charge is 0.258 e. The summed E-state index contributed by atoms with van der Waals surface area (Å²) in [5, 5.41) is 3.41. The Morgan fingerprint density at radius 2 is 2.14 bits per heavy atom. The van der Waals surface area contributed by atoms with Gasteiger partial charge in [-0.2, -0.15) is 0 Å². The van der Waals surface area contributed by atoms with Crippen LogP contribution in [0.1, 0.15) is 35.1 Å². The molecule has 0 radical (unpaired) electrons. The predicted molar refractivity (Wildman–Crippen MR) is 81.5 cm³/mol. The molecule has 3 heterocycles. The van der Waals surface area contributed by atoms with Crippen LogP contribution in [0.4, 0.5) is 5.69 Å². The highest BCUT2D eigenvalue weighted by Crippen LogP contribution is 2.34. The van der Waals surface area contributed by atoms with Crippen LogP contribution < -0.4 is 5.32 Å². The number of nitrogens with zero attached hydrogens (tertiary/aromatic N) is 1. The van der Waals surface area contributed by atoms with E-state index in [1.54, 1.807) is 6.26 Å². The van der Waals surface area contributed by atoms with E-state index in [4.69, 9.17) is 9.15 Å². The van der Waals surface area contributed by atoms with E-state index in [-0.39, 0.29) is 18.2 Å². The molecular weight excluding hydrogens is 280 g/mol. The SMILES string of the molecule is O=C1c2ccccc2N[C@@H](c2ccco2)N1C[C@@H]1CCCO1. The van der Waals surface area contributed by atoms with Crippen molar-refractivity contribution in [3.05, 3.63) is 54.0 Å². The number of para-hydroxylation sites is 1. The largest absolute Gasteiger partial charge is 0.465 e. The van der Waals surface area contributed by atoms with Crippen LogP contribution in [0.5, 0.6) is 0 Å². The lowest BCUT2D eigenvalue weighted by Gasteiger charge is -2.37. The highest BCUT2D eigenvalue weighted by atomic mass is 16.5. The maximum absolute atomic E-state index is 12.9. The third kappa shape index (κ3) is 2.27. The van der Waals surface area contributed by atoms with Gasteiger partial charge in [0.25, 0.3) is 5.91 Å². The number of ether oxygens (including phenoxy) is 1. The van der Waals surface area contributed by atoms with Gasteiger partial charge < -0.3 is 19.4 Å². The number of carbonyl (C=O) groups excluding carboxylic acids is 1. The molecule has 0 spiro atoms. The first kappa shape index (κ1) is 13.4. The molecule has 0 aliphatic carbocycles. The van der Waals surface area contributed by atoms with E-state index in [1.165, 1.54) is 0 Å². The Bertz CT molecular complexity index is 662. The van der Waals surface area contributed by atoms with Gasteiger partial charge in [-0.25, -0.2) is 0 Å². The fourth-order valence-corrected chi connectivity index (χ4v) is 3.16. The van der Waals surface area contributed by atoms with E-state index in [2.05, 4.69) is 5.32 Å². The Morgan fingerprint density at radius 3 is 2.91 bits per heavy atom. The number of benzene rings is 1. The second kappa shape index (κ2) is 5.50. The Balaban J connectivity index is 1.69. The zero-order valence-corrected chi connectivity index (χ0v) is 12.2. The summed E-state index contributed by atoms with van der Waals surface area (Å²) in [6.07, 6.45) is 3.50. The summed E-state index contributed by atoms with van der Waals surface area (Å²) in [5.74, 6) is 0.757. The quantitative estimate of drug-likeness (QED) is 0.946. The van der Waals surface area contributed by atoms with Crippen molar-refractivity contribution in [3.63, 3.8) is 0 Å². The molecule has 0 bridgehead atoms. The summed E-state index contributed by atoms with van der Waals surface area (Å²) in [4.78, 5) is 14.7. The van der Waals surface area contributed by atoms with Gasteiger partial charge in [0.1, 0.15) is 5.76 Å². The lowest BCUT2D eigenvalue weighted by Crippen LogP contribution is -2.46. The molecule has 2 aliphatic rings. The highest BCUT2D eigenvalue weighted by Gasteiger charge is 2.36. The fourth-order valence-electron chi connectivity index (χ4n) is 3.16. The summed E-state index contributed by atoms with van der Waals surface area (Å²) in [5.41, 5.74) is 1.54. The van der Waals surface area contributed by atoms with Crippen LogP contribution >= 0.6 is 0 Å². The number of amides is 1. The number of hydrogen-bond donors (Lipinski definition) is 1. The lowest BCUT2D eigenvalue weighted by molar-refractivity contribution is 0.0402. The van der Waals surface area contributed by atoms with E-state index in [0.717, 1.165) is 30.9 Å². The zero-order chi connectivity index (χ0) is 14.9. The Labute approximate surface area is 128 Å². The predicted octanol–water partition coefficient (Wildman–Crippen LogP) is 3.03. The van der Waals surface area contributed by atoms with Gasteiger partial charge in [-0.1, -0.05) is 12.1 Å². The van der Waals surface area contributed by atoms with E-state index >= 15 is 0 Å². The number of hydrogen-bond acceptors (Lipinski definition) is 4. The number of carbonyl (C=O) groups is 1. The van der Waals surface area contributed by atoms with Crippen molar-refractivity contribution < 1.29 is 13.9 Å². The molecule has 114 valence electrons. The van der Waals surface area contributed by atoms with Crippen molar-refractivity contribution in [2.24, 2.45) is 0 Å². The molecule has 0 unspecified atom stereocenters. The standard InChI is InChI=1S/C17H18N2O3/c20-17-13-6-1-2-7-14(13)18-16(15-8-4-10-22-15)19(17)11-12-5-3-9-21-12/h1-2,4,6-8,10,12,16,18H,3,5,9,11H2/t12-,16+/m0/s1. The molecule has 1 aromatic heterocycles. The number of anilines is 1. The average molecular weight is 298 g/mol. The normalized spacial score (nSPS) is 24.2. The summed E-state index contributed by atoms with van der Waals surface area (Å²) in [6, 6.07) is 11.3. The molecule has 2 aliphatic heterocycles. The summed E-state index contributed by atoms with van der Waals surface area (Å²) < 4.78 is 11.2. The van der Waals surface area contributed by atoms with Gasteiger partial charge in [0.2, 0.25) is 0 Å². The number of fused-ring (bicyclic) bond motifs is 1. The molecule has 1 fully saturated rings. The van der Waals surface area contributed by atoms with Crippen molar-refractivity contribution >= 4 is 11.6 Å². The second-order valence-electron chi connectivity index (χ2n) is 5.70. The maximum atomic E-state index is 12.9. The van der Waals surface area contributed by atoms with Crippen LogP contribution in [-0.4, -0.2) is 30.1 Å². The summed E-state index contributed by atoms with van der Waals surface area (Å²) in [7, 11) is 0. The summed E-state index contributed by atoms with van der Waals surface area (Å²) in [6.45, 7) is 1.35.